The molecule has 0 heterocycles. The third kappa shape index (κ3) is 5.32. The first kappa shape index (κ1) is 13.6. The summed E-state index contributed by atoms with van der Waals surface area (Å²) in [7, 11) is 0. The van der Waals surface area contributed by atoms with Crippen molar-refractivity contribution in [1.29, 1.82) is 0 Å². The molecule has 0 aliphatic rings. The predicted molar refractivity (Wildman–Crippen MR) is 54.4 cm³/mol. The molecular formula is C6H11NO5S2. The van der Waals surface area contributed by atoms with Crippen molar-refractivity contribution in [1.82, 2.24) is 5.32 Å². The molecule has 14 heavy (non-hydrogen) atoms. The Bertz CT molecular complexity index is 212. The molecular weight excluding hydrogens is 230 g/mol. The zero-order valence-corrected chi connectivity index (χ0v) is 8.87. The molecule has 82 valence electrons. The largest absolute Gasteiger partial charge is 0.479 e. The summed E-state index contributed by atoms with van der Waals surface area (Å²) in [5.74, 6) is -1.93. The molecule has 0 saturated carbocycles. The fraction of sp³-hybridized carbons (Fsp3) is 0.667. The van der Waals surface area contributed by atoms with Gasteiger partial charge in [-0.2, -0.15) is 0 Å². The van der Waals surface area contributed by atoms with Gasteiger partial charge in [-0.1, -0.05) is 0 Å². The number of carbonyl (C=O) groups excluding carboxylic acids is 1. The lowest BCUT2D eigenvalue weighted by Gasteiger charge is -2.14. The van der Waals surface area contributed by atoms with Gasteiger partial charge in [0, 0.05) is 6.54 Å². The van der Waals surface area contributed by atoms with Gasteiger partial charge in [0.1, 0.15) is 0 Å². The van der Waals surface area contributed by atoms with Gasteiger partial charge in [0.15, 0.2) is 10.9 Å². The van der Waals surface area contributed by atoms with Gasteiger partial charge in [-0.25, -0.2) is 4.79 Å². The fourth-order valence-corrected chi connectivity index (χ4v) is 0.939. The van der Waals surface area contributed by atoms with E-state index in [1.165, 1.54) is 0 Å². The van der Waals surface area contributed by atoms with Crippen LogP contribution >= 0.6 is 25.3 Å². The third-order valence-corrected chi connectivity index (χ3v) is 1.80. The Morgan fingerprint density at radius 3 is 2.36 bits per heavy atom. The summed E-state index contributed by atoms with van der Waals surface area (Å²) in [4.78, 5) is 21.3. The van der Waals surface area contributed by atoms with Crippen molar-refractivity contribution in [3.8, 4) is 0 Å². The molecule has 0 aromatic rings. The zero-order chi connectivity index (χ0) is 11.1. The number of ether oxygens (including phenoxy) is 1. The van der Waals surface area contributed by atoms with Gasteiger partial charge in [-0.05, 0) is 0 Å². The van der Waals surface area contributed by atoms with Crippen LogP contribution in [-0.2, 0) is 14.3 Å². The van der Waals surface area contributed by atoms with Crippen LogP contribution in [0.25, 0.3) is 0 Å². The minimum absolute atomic E-state index is 0.0591. The monoisotopic (exact) mass is 241 g/mol. The molecule has 0 aromatic carbocycles. The van der Waals surface area contributed by atoms with Crippen molar-refractivity contribution in [2.45, 2.75) is 10.9 Å². The Morgan fingerprint density at radius 1 is 1.36 bits per heavy atom. The van der Waals surface area contributed by atoms with Gasteiger partial charge in [0.05, 0.1) is 6.61 Å². The number of nitrogens with one attached hydrogen (secondary N) is 1. The van der Waals surface area contributed by atoms with E-state index in [4.69, 9.17) is 10.2 Å². The normalized spacial score (nSPS) is 14.5. The number of hydrogen-bond donors (Lipinski definition) is 5. The first-order valence-corrected chi connectivity index (χ1v) is 4.65. The SMILES string of the molecule is O=C(O)C(S)OC(S)C(=O)NCCO. The van der Waals surface area contributed by atoms with E-state index in [0.717, 1.165) is 0 Å². The first-order valence-electron chi connectivity index (χ1n) is 3.62. The molecule has 8 heteroatoms. The lowest BCUT2D eigenvalue weighted by atomic mass is 10.5. The van der Waals surface area contributed by atoms with Crippen molar-refractivity contribution in [3.63, 3.8) is 0 Å². The van der Waals surface area contributed by atoms with Crippen LogP contribution in [-0.4, -0.2) is 46.1 Å². The molecule has 2 atom stereocenters. The summed E-state index contributed by atoms with van der Waals surface area (Å²) in [6.45, 7) is -0.154. The highest BCUT2D eigenvalue weighted by atomic mass is 32.1. The average Bonchev–Trinajstić information content (AvgIpc) is 2.13. The standard InChI is InChI=1S/C6H11NO5S2/c8-2-1-7-3(9)5(13)12-6(14)4(10)11/h5-6,8,13-14H,1-2H2,(H,7,9)(H,10,11). The van der Waals surface area contributed by atoms with Gasteiger partial charge in [-0.15, -0.1) is 25.3 Å². The molecule has 2 unspecified atom stereocenters. The number of carboxylic acids is 1. The highest BCUT2D eigenvalue weighted by Crippen LogP contribution is 2.06. The minimum Gasteiger partial charge on any atom is -0.479 e. The number of carboxylic acid groups (broad SMARTS) is 1. The second-order valence-electron chi connectivity index (χ2n) is 2.19. The fourth-order valence-electron chi connectivity index (χ4n) is 0.509. The minimum atomic E-state index is -1.41. The van der Waals surface area contributed by atoms with Crippen LogP contribution in [0, 0.1) is 0 Å². The molecule has 0 aliphatic carbocycles. The number of hydrogen-bond acceptors (Lipinski definition) is 6. The van der Waals surface area contributed by atoms with Crippen LogP contribution in [0.5, 0.6) is 0 Å². The summed E-state index contributed by atoms with van der Waals surface area (Å²) in [6, 6.07) is 0. The molecule has 0 fully saturated rings. The first-order chi connectivity index (χ1) is 6.49. The van der Waals surface area contributed by atoms with Crippen molar-refractivity contribution in [3.05, 3.63) is 0 Å². The summed E-state index contributed by atoms with van der Waals surface area (Å²) in [6.07, 6.45) is 0. The van der Waals surface area contributed by atoms with Crippen LogP contribution in [0.4, 0.5) is 0 Å². The van der Waals surface area contributed by atoms with Crippen molar-refractivity contribution >= 4 is 37.1 Å². The van der Waals surface area contributed by atoms with Crippen LogP contribution in [0.15, 0.2) is 0 Å². The smallest absolute Gasteiger partial charge is 0.343 e. The number of aliphatic carboxylic acids is 1. The van der Waals surface area contributed by atoms with E-state index in [1.54, 1.807) is 0 Å². The van der Waals surface area contributed by atoms with Gasteiger partial charge < -0.3 is 20.3 Å². The van der Waals surface area contributed by atoms with Gasteiger partial charge in [0.2, 0.25) is 0 Å². The zero-order valence-electron chi connectivity index (χ0n) is 7.08. The number of thiol groups is 2. The summed E-state index contributed by atoms with van der Waals surface area (Å²) in [5, 5.41) is 19.0. The Labute approximate surface area is 91.4 Å². The number of aliphatic hydroxyl groups is 1. The number of aliphatic hydroxyl groups excluding tert-OH is 1. The molecule has 0 saturated heterocycles. The van der Waals surface area contributed by atoms with Gasteiger partial charge in [0.25, 0.3) is 5.91 Å². The van der Waals surface area contributed by atoms with E-state index < -0.39 is 22.7 Å². The molecule has 3 N–H and O–H groups in total. The van der Waals surface area contributed by atoms with Gasteiger partial charge in [-0.3, -0.25) is 4.79 Å². The van der Waals surface area contributed by atoms with Crippen molar-refractivity contribution in [2.75, 3.05) is 13.2 Å². The van der Waals surface area contributed by atoms with Crippen LogP contribution in [0.1, 0.15) is 0 Å². The lowest BCUT2D eigenvalue weighted by Crippen LogP contribution is -2.37. The maximum absolute atomic E-state index is 11.0. The van der Waals surface area contributed by atoms with Crippen molar-refractivity contribution in [2.24, 2.45) is 0 Å². The highest BCUT2D eigenvalue weighted by molar-refractivity contribution is 7.82. The number of carbonyl (C=O) groups is 2. The Morgan fingerprint density at radius 2 is 1.93 bits per heavy atom. The maximum atomic E-state index is 11.0. The van der Waals surface area contributed by atoms with Crippen LogP contribution in [0.3, 0.4) is 0 Å². The third-order valence-electron chi connectivity index (χ3n) is 1.10. The Hall–Kier alpha value is -0.440. The molecule has 0 rings (SSSR count). The van der Waals surface area contributed by atoms with Crippen LogP contribution < -0.4 is 5.32 Å². The molecule has 0 bridgehead atoms. The molecule has 0 spiro atoms. The second kappa shape index (κ2) is 6.93. The number of amides is 1. The van der Waals surface area contributed by atoms with Crippen molar-refractivity contribution < 1.29 is 24.5 Å². The van der Waals surface area contributed by atoms with Crippen LogP contribution in [0.2, 0.25) is 0 Å². The van der Waals surface area contributed by atoms with E-state index in [9.17, 15) is 9.59 Å². The Balaban J connectivity index is 3.88. The summed E-state index contributed by atoms with van der Waals surface area (Å²) >= 11 is 7.25. The Kier molecular flexibility index (Phi) is 6.71. The van der Waals surface area contributed by atoms with E-state index in [1.807, 2.05) is 0 Å². The molecule has 0 radical (unpaired) electrons. The van der Waals surface area contributed by atoms with Gasteiger partial charge >= 0.3 is 5.97 Å². The summed E-state index contributed by atoms with van der Waals surface area (Å²) in [5.41, 5.74) is -2.63. The molecule has 0 aliphatic heterocycles. The number of rotatable bonds is 6. The predicted octanol–water partition coefficient (Wildman–Crippen LogP) is -1.29. The topological polar surface area (TPSA) is 95.9 Å². The average molecular weight is 241 g/mol. The van der Waals surface area contributed by atoms with E-state index in [-0.39, 0.29) is 13.2 Å². The molecule has 1 amide bonds. The molecule has 6 nitrogen and oxygen atoms in total. The second-order valence-corrected chi connectivity index (χ2v) is 3.13. The maximum Gasteiger partial charge on any atom is 0.343 e. The lowest BCUT2D eigenvalue weighted by molar-refractivity contribution is -0.147. The van der Waals surface area contributed by atoms with E-state index in [0.29, 0.717) is 0 Å². The van der Waals surface area contributed by atoms with E-state index in [2.05, 4.69) is 35.3 Å². The summed E-state index contributed by atoms with van der Waals surface area (Å²) < 4.78 is 4.61. The highest BCUT2D eigenvalue weighted by Gasteiger charge is 2.21. The van der Waals surface area contributed by atoms with E-state index >= 15 is 0 Å². The quantitative estimate of drug-likeness (QED) is 0.294. The molecule has 0 aromatic heterocycles.